The normalized spacial score (nSPS) is 38.5. The van der Waals surface area contributed by atoms with Crippen molar-refractivity contribution in [2.75, 3.05) is 19.7 Å². The van der Waals surface area contributed by atoms with Gasteiger partial charge in [-0.3, -0.25) is 25.6 Å². The number of piperazine rings is 1. The highest BCUT2D eigenvalue weighted by molar-refractivity contribution is 5.72. The number of rotatable bonds is 7. The van der Waals surface area contributed by atoms with Crippen LogP contribution < -0.4 is 26.9 Å². The van der Waals surface area contributed by atoms with Crippen molar-refractivity contribution in [2.45, 2.75) is 115 Å². The first-order valence-corrected chi connectivity index (χ1v) is 14.1. The molecule has 194 valence electrons. The van der Waals surface area contributed by atoms with Gasteiger partial charge in [-0.25, -0.2) is 4.94 Å². The zero-order chi connectivity index (χ0) is 23.3. The summed E-state index contributed by atoms with van der Waals surface area (Å²) in [5, 5.41) is 11.4. The Labute approximate surface area is 204 Å². The molecule has 4 unspecified atom stereocenters. The van der Waals surface area contributed by atoms with Crippen LogP contribution in [0.4, 0.5) is 0 Å². The third-order valence-electron chi connectivity index (χ3n) is 8.93. The molecular formula is C25H46N6O3. The summed E-state index contributed by atoms with van der Waals surface area (Å²) in [6.07, 6.45) is 15.5. The minimum Gasteiger partial charge on any atom is -0.466 e. The molecule has 0 aromatic heterocycles. The van der Waals surface area contributed by atoms with Crippen LogP contribution in [-0.2, 0) is 14.5 Å². The Balaban J connectivity index is 1.14. The molecule has 0 aromatic rings. The van der Waals surface area contributed by atoms with Gasteiger partial charge in [0.05, 0.1) is 24.9 Å². The first-order chi connectivity index (χ1) is 16.7. The van der Waals surface area contributed by atoms with E-state index in [0.29, 0.717) is 12.6 Å². The van der Waals surface area contributed by atoms with Crippen LogP contribution >= 0.6 is 0 Å². The molecule has 5 rings (SSSR count). The second-order valence-electron chi connectivity index (χ2n) is 11.2. The van der Waals surface area contributed by atoms with Gasteiger partial charge in [-0.2, -0.15) is 11.0 Å². The van der Waals surface area contributed by atoms with Gasteiger partial charge in [-0.1, -0.05) is 32.1 Å². The van der Waals surface area contributed by atoms with E-state index in [0.717, 1.165) is 50.6 Å². The van der Waals surface area contributed by atoms with Crippen molar-refractivity contribution in [3.05, 3.63) is 0 Å². The van der Waals surface area contributed by atoms with E-state index in [2.05, 4.69) is 31.8 Å². The second kappa shape index (κ2) is 12.0. The maximum Gasteiger partial charge on any atom is 0.308 e. The first kappa shape index (κ1) is 24.9. The number of ether oxygens (including phenoxy) is 1. The molecule has 3 heterocycles. The van der Waals surface area contributed by atoms with Crippen LogP contribution in [0.1, 0.15) is 84.0 Å². The Kier molecular flexibility index (Phi) is 8.74. The number of likely N-dealkylation sites (tertiary alicyclic amines) is 1. The summed E-state index contributed by atoms with van der Waals surface area (Å²) in [6.45, 7) is 4.65. The average Bonchev–Trinajstić information content (AvgIpc) is 3.33. The summed E-state index contributed by atoms with van der Waals surface area (Å²) in [5.41, 5.74) is 6.09. The molecule has 5 N–H and O–H groups in total. The lowest BCUT2D eigenvalue weighted by Gasteiger charge is -2.48. The lowest BCUT2D eigenvalue weighted by molar-refractivity contribution is -0.149. The fourth-order valence-electron chi connectivity index (χ4n) is 6.95. The van der Waals surface area contributed by atoms with Crippen LogP contribution in [0, 0.1) is 17.8 Å². The minimum atomic E-state index is -0.0198. The highest BCUT2D eigenvalue weighted by Gasteiger charge is 2.43. The van der Waals surface area contributed by atoms with E-state index in [-0.39, 0.29) is 36.6 Å². The highest BCUT2D eigenvalue weighted by atomic mass is 16.8. The van der Waals surface area contributed by atoms with Crippen molar-refractivity contribution in [3.8, 4) is 0 Å². The van der Waals surface area contributed by atoms with Crippen LogP contribution in [0.2, 0.25) is 0 Å². The molecule has 0 spiro atoms. The van der Waals surface area contributed by atoms with Crippen molar-refractivity contribution in [3.63, 3.8) is 0 Å². The van der Waals surface area contributed by atoms with E-state index >= 15 is 0 Å². The molecular weight excluding hydrogens is 432 g/mol. The average molecular weight is 479 g/mol. The number of carbonyl (C=O) groups is 1. The smallest absolute Gasteiger partial charge is 0.308 e. The Morgan fingerprint density at radius 3 is 2.29 bits per heavy atom. The van der Waals surface area contributed by atoms with Gasteiger partial charge in [0.2, 0.25) is 0 Å². The minimum absolute atomic E-state index is 0.0198. The highest BCUT2D eigenvalue weighted by Crippen LogP contribution is 2.33. The number of carbonyl (C=O) groups excluding carboxylic acids is 1. The molecule has 0 radical (unpaired) electrons. The van der Waals surface area contributed by atoms with E-state index in [1.54, 1.807) is 0 Å². The van der Waals surface area contributed by atoms with Gasteiger partial charge in [0.1, 0.15) is 12.3 Å². The number of fused-ring (bicyclic) bond motifs is 1. The number of piperidine rings is 1. The summed E-state index contributed by atoms with van der Waals surface area (Å²) in [6, 6.07) is 0.406. The van der Waals surface area contributed by atoms with E-state index in [1.807, 2.05) is 6.92 Å². The van der Waals surface area contributed by atoms with Crippen molar-refractivity contribution in [1.29, 1.82) is 0 Å². The quantitative estimate of drug-likeness (QED) is 0.352. The molecule has 9 heteroatoms. The van der Waals surface area contributed by atoms with Gasteiger partial charge in [0.25, 0.3) is 0 Å². The fourth-order valence-corrected chi connectivity index (χ4v) is 6.95. The molecule has 3 aliphatic heterocycles. The summed E-state index contributed by atoms with van der Waals surface area (Å²) in [7, 11) is 0. The van der Waals surface area contributed by atoms with Gasteiger partial charge < -0.3 is 4.74 Å². The summed E-state index contributed by atoms with van der Waals surface area (Å²) >= 11 is 0. The van der Waals surface area contributed by atoms with Gasteiger partial charge in [-0.05, 0) is 76.8 Å². The van der Waals surface area contributed by atoms with Crippen LogP contribution in [0.25, 0.3) is 0 Å². The molecule has 5 aliphatic rings. The van der Waals surface area contributed by atoms with Crippen molar-refractivity contribution in [1.82, 2.24) is 31.8 Å². The second-order valence-corrected chi connectivity index (χ2v) is 11.2. The van der Waals surface area contributed by atoms with Gasteiger partial charge in [-0.15, -0.1) is 0 Å². The Morgan fingerprint density at radius 1 is 0.912 bits per heavy atom. The molecule has 34 heavy (non-hydrogen) atoms. The van der Waals surface area contributed by atoms with Crippen molar-refractivity contribution < 1.29 is 14.5 Å². The molecule has 4 atom stereocenters. The number of hydrogen-bond acceptors (Lipinski definition) is 9. The molecule has 0 amide bonds. The Hall–Kier alpha value is -0.810. The fraction of sp³-hybridized carbons (Fsp3) is 0.960. The van der Waals surface area contributed by atoms with E-state index in [1.165, 1.54) is 51.4 Å². The first-order valence-electron chi connectivity index (χ1n) is 14.1. The van der Waals surface area contributed by atoms with Crippen LogP contribution in [0.15, 0.2) is 0 Å². The Morgan fingerprint density at radius 2 is 1.59 bits per heavy atom. The van der Waals surface area contributed by atoms with E-state index < -0.39 is 0 Å². The maximum absolute atomic E-state index is 12.1. The van der Waals surface area contributed by atoms with Crippen LogP contribution in [0.3, 0.4) is 0 Å². The van der Waals surface area contributed by atoms with Gasteiger partial charge in [0.15, 0.2) is 0 Å². The molecule has 0 aromatic carbocycles. The summed E-state index contributed by atoms with van der Waals surface area (Å²) < 4.78 is 5.25. The van der Waals surface area contributed by atoms with Gasteiger partial charge >= 0.3 is 5.97 Å². The summed E-state index contributed by atoms with van der Waals surface area (Å²) in [5.74, 6) is 1.91. The molecule has 9 nitrogen and oxygen atoms in total. The monoisotopic (exact) mass is 478 g/mol. The number of nitrogens with one attached hydrogen (secondary N) is 5. The topological polar surface area (TPSA) is 98.9 Å². The van der Waals surface area contributed by atoms with Crippen LogP contribution in [0.5, 0.6) is 0 Å². The zero-order valence-electron chi connectivity index (χ0n) is 20.9. The number of nitrogens with zero attached hydrogens (tertiary/aromatic N) is 1. The molecule has 0 bridgehead atoms. The SMILES string of the molecule is CCOC(=O)C1CCC(NC2NC3NONC3NC2N2CCC(CC3CCCCC3)CC2)CC1. The van der Waals surface area contributed by atoms with E-state index in [9.17, 15) is 4.79 Å². The Bertz CT molecular complexity index is 647. The molecule has 5 fully saturated rings. The number of hydrogen-bond donors (Lipinski definition) is 5. The number of esters is 1. The third-order valence-corrected chi connectivity index (χ3v) is 8.93. The predicted molar refractivity (Wildman–Crippen MR) is 130 cm³/mol. The maximum atomic E-state index is 12.1. The predicted octanol–water partition coefficient (Wildman–Crippen LogP) is 1.92. The lowest BCUT2D eigenvalue weighted by Crippen LogP contribution is -2.77. The summed E-state index contributed by atoms with van der Waals surface area (Å²) in [4.78, 5) is 20.1. The molecule has 3 saturated heterocycles. The zero-order valence-corrected chi connectivity index (χ0v) is 20.9. The lowest BCUT2D eigenvalue weighted by atomic mass is 9.80. The standard InChI is InChI=1S/C25H46N6O3/c1-2-33-25(32)19-8-10-20(11-9-19)26-23-24(28-22-21(27-23)29-34-30-22)31-14-12-18(13-15-31)16-17-6-4-3-5-7-17/h17-24,26-30H,2-16H2,1H3. The van der Waals surface area contributed by atoms with Crippen molar-refractivity contribution in [2.24, 2.45) is 17.8 Å². The van der Waals surface area contributed by atoms with Gasteiger partial charge in [0, 0.05) is 6.04 Å². The third kappa shape index (κ3) is 6.11. The largest absolute Gasteiger partial charge is 0.466 e. The van der Waals surface area contributed by atoms with Crippen LogP contribution in [-0.4, -0.2) is 61.3 Å². The number of hydroxylamine groups is 2. The molecule has 2 aliphatic carbocycles. The molecule has 2 saturated carbocycles. The van der Waals surface area contributed by atoms with Crippen molar-refractivity contribution >= 4 is 5.97 Å². The van der Waals surface area contributed by atoms with E-state index in [4.69, 9.17) is 9.68 Å².